The Labute approximate surface area is 387 Å². The Morgan fingerprint density at radius 2 is 1.43 bits per heavy atom. The minimum Gasteiger partial charge on any atom is -0.386 e. The smallest absolute Gasteiger partial charge is 0.253 e. The number of likely N-dealkylation sites (N-methyl/N-ethyl adjacent to an activating group) is 2. The predicted octanol–water partition coefficient (Wildman–Crippen LogP) is 4.25. The third-order valence-electron chi connectivity index (χ3n) is 13.4. The van der Waals surface area contributed by atoms with E-state index in [-0.39, 0.29) is 72.7 Å². The monoisotopic (exact) mass is 911 g/mol. The Bertz CT molecular complexity index is 1770. The van der Waals surface area contributed by atoms with Crippen LogP contribution in [0.2, 0.25) is 0 Å². The number of aliphatic hydroxyl groups excluding tert-OH is 1. The largest absolute Gasteiger partial charge is 0.386 e. The number of nitrogens with one attached hydrogen (secondary N) is 2. The van der Waals surface area contributed by atoms with Gasteiger partial charge in [0.15, 0.2) is 0 Å². The molecule has 3 N–H and O–H groups in total. The third-order valence-corrected chi connectivity index (χ3v) is 13.4. The summed E-state index contributed by atoms with van der Waals surface area (Å²) in [5, 5.41) is 16.5. The molecule has 7 amide bonds. The second kappa shape index (κ2) is 26.0. The maximum Gasteiger partial charge on any atom is 0.253 e. The molecule has 1 aromatic rings. The number of ether oxygens (including phenoxy) is 2. The van der Waals surface area contributed by atoms with Gasteiger partial charge in [-0.05, 0) is 63.0 Å². The molecule has 0 radical (unpaired) electrons. The average molecular weight is 911 g/mol. The van der Waals surface area contributed by atoms with Crippen LogP contribution >= 0.6 is 0 Å². The van der Waals surface area contributed by atoms with Crippen molar-refractivity contribution in [2.24, 2.45) is 23.7 Å². The summed E-state index contributed by atoms with van der Waals surface area (Å²) in [6.45, 7) is 15.8. The van der Waals surface area contributed by atoms with E-state index in [1.165, 1.54) is 22.0 Å². The molecular formula is C49H78N6O10. The first-order valence-electron chi connectivity index (χ1n) is 23.5. The number of carbonyl (C=O) groups excluding carboxylic acids is 7. The van der Waals surface area contributed by atoms with Gasteiger partial charge in [0.1, 0.15) is 6.04 Å². The summed E-state index contributed by atoms with van der Waals surface area (Å²) in [6, 6.07) is 6.03. The van der Waals surface area contributed by atoms with Crippen LogP contribution in [-0.2, 0) is 43.0 Å². The fourth-order valence-corrected chi connectivity index (χ4v) is 9.61. The van der Waals surface area contributed by atoms with Crippen molar-refractivity contribution in [2.75, 3.05) is 41.4 Å². The Morgan fingerprint density at radius 3 is 1.98 bits per heavy atom. The van der Waals surface area contributed by atoms with Gasteiger partial charge in [0, 0.05) is 59.0 Å². The summed E-state index contributed by atoms with van der Waals surface area (Å²) in [5.74, 6) is -3.76. The molecule has 16 heteroatoms. The van der Waals surface area contributed by atoms with Crippen molar-refractivity contribution in [1.82, 2.24) is 30.2 Å². The van der Waals surface area contributed by atoms with Crippen molar-refractivity contribution < 1.29 is 48.1 Å². The van der Waals surface area contributed by atoms with Crippen LogP contribution in [0.15, 0.2) is 42.5 Å². The molecule has 0 aromatic heterocycles. The standard InChI is InChI=1S/C49H78N6O10/c1-13-32(6)44(37(64-11)29-41(59)54-28-20-23-36(54)46(65-12)33(7)47(61)50-34(8)45(60)35-21-16-14-17-22-35)53(10)43(31(4)5)49(63)51-48(62)42(30(2)3)52(9)38(56)24-18-15-19-27-55-39(57)25-26-40(55)58/h14,16-17,21-22,25-26,30-34,36-37,42-46,60H,13,15,18-20,23-24,27-29H2,1-12H3,(H,50,61)(H,51,62,63). The van der Waals surface area contributed by atoms with Gasteiger partial charge in [-0.25, -0.2) is 0 Å². The van der Waals surface area contributed by atoms with Gasteiger partial charge in [0.2, 0.25) is 29.5 Å². The van der Waals surface area contributed by atoms with Crippen LogP contribution in [0.5, 0.6) is 0 Å². The zero-order chi connectivity index (χ0) is 48.7. The number of rotatable bonds is 26. The average Bonchev–Trinajstić information content (AvgIpc) is 3.88. The van der Waals surface area contributed by atoms with E-state index in [1.807, 2.05) is 71.7 Å². The predicted molar refractivity (Wildman–Crippen MR) is 248 cm³/mol. The zero-order valence-electron chi connectivity index (χ0n) is 41.0. The maximum absolute atomic E-state index is 14.4. The van der Waals surface area contributed by atoms with E-state index in [4.69, 9.17) is 9.47 Å². The number of likely N-dealkylation sites (tertiary alicyclic amines) is 1. The molecule has 2 aliphatic rings. The van der Waals surface area contributed by atoms with Gasteiger partial charge in [-0.2, -0.15) is 0 Å². The first kappa shape index (κ1) is 54.8. The third kappa shape index (κ3) is 14.5. The highest BCUT2D eigenvalue weighted by Crippen LogP contribution is 2.31. The first-order valence-corrected chi connectivity index (χ1v) is 23.5. The Kier molecular flexibility index (Phi) is 21.9. The molecule has 2 aliphatic heterocycles. The molecule has 0 spiro atoms. The molecule has 2 heterocycles. The SMILES string of the molecule is CCC(C)C(C(CC(=O)N1CCCC1C(OC)C(C)C(=O)NC(C)C(O)c1ccccc1)OC)N(C)C(C(=O)NC(=O)C(C(C)C)N(C)C(=O)CCCCCN1C(=O)C=CC1=O)C(C)C. The quantitative estimate of drug-likeness (QED) is 0.0889. The molecule has 1 saturated heterocycles. The van der Waals surface area contributed by atoms with Crippen molar-refractivity contribution in [3.8, 4) is 0 Å². The van der Waals surface area contributed by atoms with E-state index in [0.717, 1.165) is 6.42 Å². The molecule has 0 bridgehead atoms. The van der Waals surface area contributed by atoms with E-state index in [9.17, 15) is 38.7 Å². The minimum atomic E-state index is -0.924. The first-order chi connectivity index (χ1) is 30.7. The number of hydrogen-bond acceptors (Lipinski definition) is 11. The lowest BCUT2D eigenvalue weighted by Crippen LogP contribution is -2.60. The molecule has 0 saturated carbocycles. The lowest BCUT2D eigenvalue weighted by atomic mass is 9.87. The summed E-state index contributed by atoms with van der Waals surface area (Å²) < 4.78 is 12.1. The van der Waals surface area contributed by atoms with Gasteiger partial charge in [-0.3, -0.25) is 48.7 Å². The summed E-state index contributed by atoms with van der Waals surface area (Å²) >= 11 is 0. The number of benzene rings is 1. The highest BCUT2D eigenvalue weighted by molar-refractivity contribution is 6.12. The van der Waals surface area contributed by atoms with Crippen LogP contribution in [0.25, 0.3) is 0 Å². The summed E-state index contributed by atoms with van der Waals surface area (Å²) in [6.07, 6.45) is 4.22. The van der Waals surface area contributed by atoms with Crippen LogP contribution in [0.4, 0.5) is 0 Å². The van der Waals surface area contributed by atoms with Crippen molar-refractivity contribution in [2.45, 2.75) is 155 Å². The molecule has 364 valence electrons. The van der Waals surface area contributed by atoms with Crippen molar-refractivity contribution in [3.05, 3.63) is 48.0 Å². The van der Waals surface area contributed by atoms with Crippen LogP contribution in [-0.4, -0.2) is 150 Å². The second-order valence-electron chi connectivity index (χ2n) is 18.7. The van der Waals surface area contributed by atoms with Gasteiger partial charge >= 0.3 is 0 Å². The zero-order valence-corrected chi connectivity index (χ0v) is 41.0. The Hall–Kier alpha value is -4.51. The highest BCUT2D eigenvalue weighted by Gasteiger charge is 2.44. The topological polar surface area (TPSA) is 195 Å². The van der Waals surface area contributed by atoms with E-state index in [1.54, 1.807) is 52.1 Å². The normalized spacial score (nSPS) is 19.5. The summed E-state index contributed by atoms with van der Waals surface area (Å²) in [4.78, 5) is 99.4. The van der Waals surface area contributed by atoms with E-state index in [2.05, 4.69) is 10.6 Å². The van der Waals surface area contributed by atoms with E-state index >= 15 is 0 Å². The molecule has 0 aliphatic carbocycles. The minimum absolute atomic E-state index is 0.00304. The summed E-state index contributed by atoms with van der Waals surface area (Å²) in [5.41, 5.74) is 0.691. The van der Waals surface area contributed by atoms with E-state index in [0.29, 0.717) is 44.2 Å². The number of hydrogen-bond donors (Lipinski definition) is 3. The fourth-order valence-electron chi connectivity index (χ4n) is 9.61. The molecule has 3 rings (SSSR count). The molecule has 1 aromatic carbocycles. The maximum atomic E-state index is 14.4. The fraction of sp³-hybridized carbons (Fsp3) is 0.694. The number of amides is 7. The number of imide groups is 2. The van der Waals surface area contributed by atoms with Crippen LogP contribution in [0.1, 0.15) is 118 Å². The summed E-state index contributed by atoms with van der Waals surface area (Å²) in [7, 11) is 6.47. The highest BCUT2D eigenvalue weighted by atomic mass is 16.5. The lowest BCUT2D eigenvalue weighted by molar-refractivity contribution is -0.146. The number of methoxy groups -OCH3 is 2. The van der Waals surface area contributed by atoms with Crippen LogP contribution in [0.3, 0.4) is 0 Å². The van der Waals surface area contributed by atoms with Crippen molar-refractivity contribution >= 4 is 41.4 Å². The van der Waals surface area contributed by atoms with Gasteiger partial charge in [-0.15, -0.1) is 0 Å². The molecule has 1 fully saturated rings. The van der Waals surface area contributed by atoms with E-state index < -0.39 is 60.2 Å². The number of unbranched alkanes of at least 4 members (excludes halogenated alkanes) is 2. The lowest BCUT2D eigenvalue weighted by Gasteiger charge is -2.43. The molecule has 10 atom stereocenters. The molecular weight excluding hydrogens is 833 g/mol. The van der Waals surface area contributed by atoms with Gasteiger partial charge < -0.3 is 29.7 Å². The van der Waals surface area contributed by atoms with Gasteiger partial charge in [0.25, 0.3) is 11.8 Å². The van der Waals surface area contributed by atoms with Crippen molar-refractivity contribution in [1.29, 1.82) is 0 Å². The van der Waals surface area contributed by atoms with Crippen LogP contribution in [0, 0.1) is 23.7 Å². The van der Waals surface area contributed by atoms with Gasteiger partial charge in [0.05, 0.1) is 48.8 Å². The number of aliphatic hydroxyl groups is 1. The number of carbonyl (C=O) groups is 7. The molecule has 65 heavy (non-hydrogen) atoms. The Morgan fingerprint density at radius 1 is 0.831 bits per heavy atom. The van der Waals surface area contributed by atoms with Crippen LogP contribution < -0.4 is 10.6 Å². The van der Waals surface area contributed by atoms with Crippen molar-refractivity contribution in [3.63, 3.8) is 0 Å². The molecule has 10 unspecified atom stereocenters. The Balaban J connectivity index is 1.70. The second-order valence-corrected chi connectivity index (χ2v) is 18.7. The van der Waals surface area contributed by atoms with Gasteiger partial charge in [-0.1, -0.05) is 91.6 Å². The number of nitrogens with zero attached hydrogens (tertiary/aromatic N) is 4. The molecule has 16 nitrogen and oxygen atoms in total.